The van der Waals surface area contributed by atoms with Crippen LogP contribution >= 0.6 is 11.6 Å². The van der Waals surface area contributed by atoms with Crippen molar-refractivity contribution in [2.24, 2.45) is 0 Å². The molecular formula is C20H22ClNO4. The van der Waals surface area contributed by atoms with Gasteiger partial charge in [0.2, 0.25) is 5.24 Å². The van der Waals surface area contributed by atoms with Crippen molar-refractivity contribution in [3.63, 3.8) is 0 Å². The first-order valence-corrected chi connectivity index (χ1v) is 7.96. The number of benzene rings is 2. The van der Waals surface area contributed by atoms with E-state index in [0.29, 0.717) is 0 Å². The molecule has 0 bridgehead atoms. The van der Waals surface area contributed by atoms with Gasteiger partial charge in [0, 0.05) is 0 Å². The van der Waals surface area contributed by atoms with Gasteiger partial charge in [-0.2, -0.15) is 0 Å². The Bertz CT molecular complexity index is 660. The molecule has 26 heavy (non-hydrogen) atoms. The van der Waals surface area contributed by atoms with Crippen LogP contribution in [-0.2, 0) is 22.7 Å². The van der Waals surface area contributed by atoms with Crippen LogP contribution in [0.5, 0.6) is 0 Å². The fraction of sp³-hybridized carbons (Fsp3) is 0.100. The fourth-order valence-corrected chi connectivity index (χ4v) is 1.43. The average Bonchev–Trinajstić information content (AvgIpc) is 2.69. The summed E-state index contributed by atoms with van der Waals surface area (Å²) in [7, 11) is 0. The molecule has 2 N–H and O–H groups in total. The van der Waals surface area contributed by atoms with Crippen LogP contribution in [0.1, 0.15) is 11.1 Å². The van der Waals surface area contributed by atoms with Gasteiger partial charge in [0.25, 0.3) is 0 Å². The lowest BCUT2D eigenvalue weighted by atomic mass is 10.2. The van der Waals surface area contributed by atoms with Crippen molar-refractivity contribution in [1.29, 1.82) is 0 Å². The summed E-state index contributed by atoms with van der Waals surface area (Å²) >= 11 is 4.71. The zero-order chi connectivity index (χ0) is 19.6. The first-order valence-electron chi connectivity index (χ1n) is 7.58. The molecule has 138 valence electrons. The van der Waals surface area contributed by atoms with Crippen molar-refractivity contribution < 1.29 is 19.4 Å². The Morgan fingerprint density at radius 3 is 1.81 bits per heavy atom. The summed E-state index contributed by atoms with van der Waals surface area (Å²) in [6, 6.07) is 19.0. The lowest BCUT2D eigenvalue weighted by molar-refractivity contribution is -0.107. The molecule has 0 spiro atoms. The number of ether oxygens (including phenoxy) is 1. The van der Waals surface area contributed by atoms with Gasteiger partial charge in [-0.05, 0) is 35.0 Å². The molecule has 0 saturated carbocycles. The zero-order valence-corrected chi connectivity index (χ0v) is 15.1. The van der Waals surface area contributed by atoms with Crippen molar-refractivity contribution >= 4 is 22.9 Å². The number of hydrogen-bond acceptors (Lipinski definition) is 4. The van der Waals surface area contributed by atoms with Crippen LogP contribution in [0, 0.1) is 0 Å². The minimum Gasteiger partial charge on any atom is -0.444 e. The Labute approximate surface area is 158 Å². The maximum Gasteiger partial charge on any atom is 0.411 e. The summed E-state index contributed by atoms with van der Waals surface area (Å²) in [4.78, 5) is 20.3. The van der Waals surface area contributed by atoms with E-state index in [4.69, 9.17) is 21.4 Å². The van der Waals surface area contributed by atoms with Crippen molar-refractivity contribution in [2.45, 2.75) is 13.2 Å². The predicted octanol–water partition coefficient (Wildman–Crippen LogP) is 4.17. The number of carbonyl (C=O) groups excluding carboxylic acids is 2. The van der Waals surface area contributed by atoms with E-state index in [-0.39, 0.29) is 13.2 Å². The molecule has 0 aliphatic rings. The minimum absolute atomic E-state index is 0.140. The average molecular weight is 376 g/mol. The van der Waals surface area contributed by atoms with Crippen LogP contribution in [0.25, 0.3) is 0 Å². The topological polar surface area (TPSA) is 75.6 Å². The fourth-order valence-electron chi connectivity index (χ4n) is 1.43. The van der Waals surface area contributed by atoms with Crippen molar-refractivity contribution in [2.75, 3.05) is 0 Å². The smallest absolute Gasteiger partial charge is 0.411 e. The molecule has 1 amide bonds. The maximum atomic E-state index is 10.8. The summed E-state index contributed by atoms with van der Waals surface area (Å²) in [6.07, 6.45) is 1.84. The standard InChI is InChI=1S/C10H11NO2.C7H8O.C3H3ClO/c1-2-11-10(12)13-8-9-6-4-3-5-7-9;8-6-7-4-2-1-3-5-7;1-2-3(4)5/h2-7H,1,8H2,(H,11,12);1-5,8H,6H2;2H,1H2. The van der Waals surface area contributed by atoms with Gasteiger partial charge in [-0.3, -0.25) is 10.1 Å². The molecule has 0 aliphatic carbocycles. The quantitative estimate of drug-likeness (QED) is 0.607. The number of rotatable bonds is 5. The van der Waals surface area contributed by atoms with Crippen molar-refractivity contribution in [1.82, 2.24) is 5.32 Å². The second-order valence-corrected chi connectivity index (χ2v) is 4.93. The second-order valence-electron chi connectivity index (χ2n) is 4.56. The van der Waals surface area contributed by atoms with Gasteiger partial charge in [-0.25, -0.2) is 4.79 Å². The summed E-state index contributed by atoms with van der Waals surface area (Å²) < 4.78 is 4.85. The van der Waals surface area contributed by atoms with Crippen molar-refractivity contribution in [3.05, 3.63) is 97.2 Å². The van der Waals surface area contributed by atoms with E-state index < -0.39 is 11.3 Å². The number of amides is 1. The molecule has 0 saturated heterocycles. The third kappa shape index (κ3) is 13.5. The molecule has 6 heteroatoms. The number of nitrogens with one attached hydrogen (secondary N) is 1. The number of alkyl carbamates (subject to hydrolysis) is 1. The molecule has 0 radical (unpaired) electrons. The van der Waals surface area contributed by atoms with E-state index in [0.717, 1.165) is 17.2 Å². The Morgan fingerprint density at radius 1 is 1.00 bits per heavy atom. The predicted molar refractivity (Wildman–Crippen MR) is 103 cm³/mol. The van der Waals surface area contributed by atoms with E-state index in [1.807, 2.05) is 60.7 Å². The summed E-state index contributed by atoms with van der Waals surface area (Å²) in [6.45, 7) is 6.84. The normalized spacial score (nSPS) is 8.54. The number of aliphatic hydroxyl groups excluding tert-OH is 1. The van der Waals surface area contributed by atoms with E-state index in [2.05, 4.69) is 18.5 Å². The number of hydrogen-bond donors (Lipinski definition) is 2. The Kier molecular flexibility index (Phi) is 13.9. The van der Waals surface area contributed by atoms with E-state index in [1.54, 1.807) is 0 Å². The Morgan fingerprint density at radius 2 is 1.46 bits per heavy atom. The number of carbonyl (C=O) groups is 2. The Hall–Kier alpha value is -2.89. The zero-order valence-electron chi connectivity index (χ0n) is 14.3. The molecule has 0 aliphatic heterocycles. The van der Waals surface area contributed by atoms with Crippen LogP contribution in [0.4, 0.5) is 4.79 Å². The lowest BCUT2D eigenvalue weighted by Crippen LogP contribution is -2.17. The van der Waals surface area contributed by atoms with Crippen LogP contribution in [0.3, 0.4) is 0 Å². The maximum absolute atomic E-state index is 10.8. The number of halogens is 1. The molecule has 5 nitrogen and oxygen atoms in total. The molecular weight excluding hydrogens is 354 g/mol. The molecule has 0 atom stereocenters. The van der Waals surface area contributed by atoms with E-state index in [1.165, 1.54) is 6.20 Å². The third-order valence-electron chi connectivity index (χ3n) is 2.62. The van der Waals surface area contributed by atoms with Gasteiger partial charge in [0.15, 0.2) is 0 Å². The highest BCUT2D eigenvalue weighted by Crippen LogP contribution is 2.00. The third-order valence-corrected chi connectivity index (χ3v) is 2.77. The molecule has 0 unspecified atom stereocenters. The van der Waals surface area contributed by atoms with Gasteiger partial charge in [0.1, 0.15) is 6.61 Å². The van der Waals surface area contributed by atoms with E-state index in [9.17, 15) is 9.59 Å². The molecule has 0 fully saturated rings. The highest BCUT2D eigenvalue weighted by molar-refractivity contribution is 6.66. The van der Waals surface area contributed by atoms with Crippen LogP contribution in [0.2, 0.25) is 0 Å². The molecule has 2 aromatic carbocycles. The Balaban J connectivity index is 0.000000409. The van der Waals surface area contributed by atoms with Gasteiger partial charge < -0.3 is 9.84 Å². The summed E-state index contributed by atoms with van der Waals surface area (Å²) in [5.74, 6) is 0. The monoisotopic (exact) mass is 375 g/mol. The van der Waals surface area contributed by atoms with Gasteiger partial charge in [0.05, 0.1) is 6.61 Å². The largest absolute Gasteiger partial charge is 0.444 e. The highest BCUT2D eigenvalue weighted by Gasteiger charge is 1.98. The number of allylic oxidation sites excluding steroid dienone is 1. The second kappa shape index (κ2) is 15.6. The van der Waals surface area contributed by atoms with Gasteiger partial charge in [-0.15, -0.1) is 0 Å². The summed E-state index contributed by atoms with van der Waals surface area (Å²) in [5.41, 5.74) is 1.93. The van der Waals surface area contributed by atoms with Crippen LogP contribution in [0.15, 0.2) is 86.1 Å². The van der Waals surface area contributed by atoms with E-state index >= 15 is 0 Å². The highest BCUT2D eigenvalue weighted by atomic mass is 35.5. The van der Waals surface area contributed by atoms with Crippen LogP contribution in [-0.4, -0.2) is 16.4 Å². The molecule has 0 aromatic heterocycles. The lowest BCUT2D eigenvalue weighted by Gasteiger charge is -2.02. The van der Waals surface area contributed by atoms with Gasteiger partial charge >= 0.3 is 6.09 Å². The van der Waals surface area contributed by atoms with Crippen molar-refractivity contribution in [3.8, 4) is 0 Å². The molecule has 2 rings (SSSR count). The number of aliphatic hydroxyl groups is 1. The van der Waals surface area contributed by atoms with Crippen LogP contribution < -0.4 is 5.32 Å². The SMILES string of the molecule is C=CC(=O)Cl.C=CNC(=O)OCc1ccccc1.OCc1ccccc1. The molecule has 2 aromatic rings. The minimum atomic E-state index is -0.509. The first kappa shape index (κ1) is 23.1. The van der Waals surface area contributed by atoms with Gasteiger partial charge in [-0.1, -0.05) is 73.8 Å². The summed E-state index contributed by atoms with van der Waals surface area (Å²) in [5, 5.41) is 10.3. The molecule has 0 heterocycles. The first-order chi connectivity index (χ1) is 12.5.